The van der Waals surface area contributed by atoms with Crippen molar-refractivity contribution in [2.75, 3.05) is 25.9 Å². The molecule has 0 aromatic heterocycles. The lowest BCUT2D eigenvalue weighted by Crippen LogP contribution is -2.63. The van der Waals surface area contributed by atoms with Crippen LogP contribution in [0.1, 0.15) is 103 Å². The highest BCUT2D eigenvalue weighted by atomic mass is 33.1. The number of aliphatic hydroxyl groups excluding tert-OH is 1. The highest BCUT2D eigenvalue weighted by Crippen LogP contribution is 2.49. The fourth-order valence-corrected chi connectivity index (χ4v) is 12.0. The van der Waals surface area contributed by atoms with Crippen molar-refractivity contribution in [1.82, 2.24) is 36.4 Å². The van der Waals surface area contributed by atoms with Crippen molar-refractivity contribution in [2.45, 2.75) is 157 Å². The minimum Gasteiger partial charge on any atom is -0.508 e. The number of benzene rings is 1. The second-order valence-electron chi connectivity index (χ2n) is 18.1. The van der Waals surface area contributed by atoms with Gasteiger partial charge >= 0.3 is 5.97 Å². The molecule has 378 valence electrons. The van der Waals surface area contributed by atoms with Crippen LogP contribution in [0.4, 0.5) is 0 Å². The summed E-state index contributed by atoms with van der Waals surface area (Å²) in [4.78, 5) is 127. The molecule has 21 nitrogen and oxygen atoms in total. The van der Waals surface area contributed by atoms with Crippen molar-refractivity contribution in [3.05, 3.63) is 29.8 Å². The number of carbonyl (C=O) groups excluding carboxylic acids is 8. The zero-order valence-electron chi connectivity index (χ0n) is 39.2. The molecule has 1 aliphatic carbocycles. The lowest BCUT2D eigenvalue weighted by atomic mass is 9.85. The molecule has 1 spiro atoms. The van der Waals surface area contributed by atoms with E-state index in [1.165, 1.54) is 57.5 Å². The van der Waals surface area contributed by atoms with Gasteiger partial charge in [0.05, 0.1) is 12.5 Å². The minimum absolute atomic E-state index is 0.00170. The number of phenolic OH excluding ortho intramolecular Hbond substituents is 1. The lowest BCUT2D eigenvalue weighted by Gasteiger charge is -2.38. The molecule has 12 N–H and O–H groups in total. The van der Waals surface area contributed by atoms with Gasteiger partial charge in [-0.2, -0.15) is 0 Å². The van der Waals surface area contributed by atoms with E-state index in [4.69, 9.17) is 11.5 Å². The average molecular weight is 992 g/mol. The van der Waals surface area contributed by atoms with E-state index < -0.39 is 113 Å². The first-order valence-electron chi connectivity index (χ1n) is 23.3. The summed E-state index contributed by atoms with van der Waals surface area (Å²) in [6.07, 6.45) is 2.62. The molecule has 0 radical (unpaired) electrons. The summed E-state index contributed by atoms with van der Waals surface area (Å²) < 4.78 is -0.699. The van der Waals surface area contributed by atoms with Crippen LogP contribution in [0.3, 0.4) is 0 Å². The van der Waals surface area contributed by atoms with Crippen LogP contribution in [0, 0.1) is 5.92 Å². The number of carbonyl (C=O) groups is 9. The van der Waals surface area contributed by atoms with Crippen LogP contribution in [-0.2, 0) is 49.6 Å². The number of aliphatic carboxylic acids is 1. The summed E-state index contributed by atoms with van der Waals surface area (Å²) >= 11 is 0. The second-order valence-corrected chi connectivity index (χ2v) is 20.9. The predicted molar refractivity (Wildman–Crippen MR) is 254 cm³/mol. The predicted octanol–water partition coefficient (Wildman–Crippen LogP) is -0.209. The summed E-state index contributed by atoms with van der Waals surface area (Å²) in [5.74, 6) is -8.41. The van der Waals surface area contributed by atoms with Crippen LogP contribution in [0.2, 0.25) is 0 Å². The third kappa shape index (κ3) is 15.4. The Labute approximate surface area is 404 Å². The minimum atomic E-state index is -1.74. The first kappa shape index (κ1) is 55.5. The van der Waals surface area contributed by atoms with Crippen molar-refractivity contribution in [1.29, 1.82) is 0 Å². The van der Waals surface area contributed by atoms with Gasteiger partial charge in [0, 0.05) is 36.9 Å². The van der Waals surface area contributed by atoms with Crippen LogP contribution in [0.15, 0.2) is 24.3 Å². The summed E-state index contributed by atoms with van der Waals surface area (Å²) in [6, 6.07) is -3.53. The number of likely N-dealkylation sites (tertiary alicyclic amines) is 1. The lowest BCUT2D eigenvalue weighted by molar-refractivity contribution is -0.145. The number of aromatic hydroxyl groups is 1. The number of aliphatic hydroxyl groups is 1. The Hall–Kier alpha value is -5.13. The SMILES string of the molecule is CC[C@H](C)[C@@H]1NC(=O)[C@H](Cc2ccc(O)cc2)N(C)C(=O)CC2(CCCCC2)SSC[C@H](C(=O)N2CCC[C@H]2C(=O)N[C@@H](CCCN)C(=O)O)NC(=O)[C@H](CC(N)=O)NC(=O)[C@H]([C@@H](C)O)NC1=O. The van der Waals surface area contributed by atoms with Crippen LogP contribution < -0.4 is 38.1 Å². The van der Waals surface area contributed by atoms with Crippen molar-refractivity contribution in [3.8, 4) is 5.75 Å². The zero-order chi connectivity index (χ0) is 50.3. The molecule has 8 amide bonds. The van der Waals surface area contributed by atoms with Crippen LogP contribution >= 0.6 is 21.6 Å². The Morgan fingerprint density at radius 3 is 2.16 bits per heavy atom. The van der Waals surface area contributed by atoms with E-state index in [0.717, 1.165) is 19.3 Å². The molecule has 3 fully saturated rings. The number of likely N-dealkylation sites (N-methyl/N-ethyl adjacent to an activating group) is 1. The Morgan fingerprint density at radius 2 is 1.56 bits per heavy atom. The van der Waals surface area contributed by atoms with Gasteiger partial charge in [-0.15, -0.1) is 0 Å². The largest absolute Gasteiger partial charge is 0.508 e. The van der Waals surface area contributed by atoms with Crippen molar-refractivity contribution >= 4 is 74.8 Å². The molecule has 4 rings (SSSR count). The van der Waals surface area contributed by atoms with E-state index in [9.17, 15) is 58.5 Å². The fraction of sp³-hybridized carbons (Fsp3) is 0.667. The number of carboxylic acids is 1. The van der Waals surface area contributed by atoms with Crippen molar-refractivity contribution < 1.29 is 58.5 Å². The number of carboxylic acid groups (broad SMARTS) is 1. The molecule has 9 atom stereocenters. The van der Waals surface area contributed by atoms with Crippen LogP contribution in [-0.4, -0.2) is 157 Å². The Kier molecular flexibility index (Phi) is 21.2. The third-order valence-electron chi connectivity index (χ3n) is 12.9. The molecule has 1 aromatic rings. The van der Waals surface area contributed by atoms with Crippen LogP contribution in [0.25, 0.3) is 0 Å². The molecular formula is C45H69N9O12S2. The third-order valence-corrected chi connectivity index (χ3v) is 16.2. The highest BCUT2D eigenvalue weighted by Gasteiger charge is 2.43. The number of nitrogens with two attached hydrogens (primary N) is 2. The first-order valence-corrected chi connectivity index (χ1v) is 25.6. The summed E-state index contributed by atoms with van der Waals surface area (Å²) in [5, 5.41) is 43.4. The zero-order valence-corrected chi connectivity index (χ0v) is 40.8. The first-order chi connectivity index (χ1) is 32.2. The molecule has 23 heteroatoms. The van der Waals surface area contributed by atoms with Gasteiger partial charge in [-0.1, -0.05) is 73.3 Å². The monoisotopic (exact) mass is 991 g/mol. The number of nitrogens with zero attached hydrogens (tertiary/aromatic N) is 2. The topological polar surface area (TPSA) is 333 Å². The fourth-order valence-electron chi connectivity index (χ4n) is 8.62. The van der Waals surface area contributed by atoms with E-state index in [-0.39, 0.29) is 56.2 Å². The standard InChI is InChI=1S/C45H69N9O12S2/c1-5-25(2)36-41(62)52-37(26(3)55)42(63)49-30(22-34(47)57)38(59)50-31(43(64)54-20-10-12-32(54)39(60)48-29(44(65)66)11-9-19-46)24-67-68-45(17-7-6-8-18-45)23-35(58)53(4)33(40(61)51-36)21-27-13-15-28(56)16-14-27/h13-16,25-26,29-33,36-37,55-56H,5-12,17-24,46H2,1-4H3,(H2,47,57)(H,48,60)(H,49,63)(H,50,59)(H,51,61)(H,52,62)(H,65,66)/t25-,26+,29-,30-,31+,32-,33-,36-,37-/m0/s1. The van der Waals surface area contributed by atoms with Crippen molar-refractivity contribution in [3.63, 3.8) is 0 Å². The van der Waals surface area contributed by atoms with E-state index >= 15 is 0 Å². The number of hydrogen-bond donors (Lipinski definition) is 10. The summed E-state index contributed by atoms with van der Waals surface area (Å²) in [5.41, 5.74) is 11.7. The molecule has 0 bridgehead atoms. The van der Waals surface area contributed by atoms with Gasteiger partial charge in [0.25, 0.3) is 0 Å². The molecule has 3 aliphatic rings. The quantitative estimate of drug-likeness (QED) is 0.108. The smallest absolute Gasteiger partial charge is 0.326 e. The van der Waals surface area contributed by atoms with Gasteiger partial charge in [-0.05, 0) is 75.6 Å². The highest BCUT2D eigenvalue weighted by molar-refractivity contribution is 8.77. The van der Waals surface area contributed by atoms with Gasteiger partial charge in [0.1, 0.15) is 48.0 Å². The van der Waals surface area contributed by atoms with Gasteiger partial charge in [-0.25, -0.2) is 4.79 Å². The molecule has 1 aromatic carbocycles. The number of amides is 8. The molecule has 68 heavy (non-hydrogen) atoms. The van der Waals surface area contributed by atoms with E-state index in [0.29, 0.717) is 37.7 Å². The van der Waals surface area contributed by atoms with Crippen LogP contribution in [0.5, 0.6) is 5.75 Å². The number of nitrogens with one attached hydrogen (secondary N) is 5. The Morgan fingerprint density at radius 1 is 0.912 bits per heavy atom. The Bertz CT molecular complexity index is 1970. The van der Waals surface area contributed by atoms with E-state index in [2.05, 4.69) is 26.6 Å². The van der Waals surface area contributed by atoms with Crippen molar-refractivity contribution in [2.24, 2.45) is 17.4 Å². The maximum atomic E-state index is 14.6. The molecule has 2 heterocycles. The van der Waals surface area contributed by atoms with Gasteiger partial charge in [-0.3, -0.25) is 38.4 Å². The van der Waals surface area contributed by atoms with Gasteiger partial charge in [0.2, 0.25) is 47.3 Å². The van der Waals surface area contributed by atoms with Gasteiger partial charge in [0.15, 0.2) is 0 Å². The van der Waals surface area contributed by atoms with E-state index in [1.54, 1.807) is 26.0 Å². The van der Waals surface area contributed by atoms with Gasteiger partial charge < -0.3 is 63.2 Å². The average Bonchev–Trinajstić information content (AvgIpc) is 3.79. The molecule has 1 saturated carbocycles. The molecule has 0 unspecified atom stereocenters. The normalized spacial score (nSPS) is 26.1. The summed E-state index contributed by atoms with van der Waals surface area (Å²) in [7, 11) is 4.07. The maximum Gasteiger partial charge on any atom is 0.326 e. The molecule has 2 saturated heterocycles. The number of rotatable bonds is 14. The maximum absolute atomic E-state index is 14.6. The van der Waals surface area contributed by atoms with E-state index in [1.807, 2.05) is 0 Å². The molecular weight excluding hydrogens is 923 g/mol. The number of phenols is 1. The Balaban J connectivity index is 1.78. The number of primary amides is 1. The molecule has 2 aliphatic heterocycles. The number of hydrogen-bond acceptors (Lipinski definition) is 14. The summed E-state index contributed by atoms with van der Waals surface area (Å²) in [6.45, 7) is 4.97. The second kappa shape index (κ2) is 26.0.